The number of aromatic nitrogens is 2. The minimum Gasteiger partial charge on any atom is -0.497 e. The summed E-state index contributed by atoms with van der Waals surface area (Å²) in [6, 6.07) is 6.59. The molecule has 1 N–H and O–H groups in total. The van der Waals surface area contributed by atoms with Crippen molar-refractivity contribution < 1.29 is 4.74 Å². The molecule has 4 nitrogen and oxygen atoms in total. The normalized spacial score (nSPS) is 20.4. The minimum atomic E-state index is 0.492. The van der Waals surface area contributed by atoms with Gasteiger partial charge in [-0.15, -0.1) is 0 Å². The van der Waals surface area contributed by atoms with Gasteiger partial charge in [0.2, 0.25) is 0 Å². The fourth-order valence-electron chi connectivity index (χ4n) is 2.30. The molecule has 3 rings (SSSR count). The zero-order chi connectivity index (χ0) is 11.0. The Kier molecular flexibility index (Phi) is 2.29. The number of methoxy groups -OCH3 is 1. The van der Waals surface area contributed by atoms with Crippen molar-refractivity contribution in [3.8, 4) is 5.75 Å². The molecule has 1 saturated heterocycles. The third kappa shape index (κ3) is 1.46. The van der Waals surface area contributed by atoms with Gasteiger partial charge in [0.1, 0.15) is 5.75 Å². The molecule has 1 unspecified atom stereocenters. The summed E-state index contributed by atoms with van der Waals surface area (Å²) in [6.45, 7) is 2.10. The smallest absolute Gasteiger partial charge is 0.119 e. The van der Waals surface area contributed by atoms with E-state index in [0.29, 0.717) is 6.04 Å². The molecule has 4 heteroatoms. The van der Waals surface area contributed by atoms with Gasteiger partial charge in [0.05, 0.1) is 24.9 Å². The maximum Gasteiger partial charge on any atom is 0.119 e. The predicted octanol–water partition coefficient (Wildman–Crippen LogP) is 1.58. The minimum absolute atomic E-state index is 0.492. The SMILES string of the molecule is COc1ccc2c(cnn2C2CCNC2)c1. The van der Waals surface area contributed by atoms with Gasteiger partial charge < -0.3 is 10.1 Å². The molecule has 1 atom stereocenters. The maximum atomic E-state index is 5.21. The summed E-state index contributed by atoms with van der Waals surface area (Å²) < 4.78 is 7.33. The molecule has 84 valence electrons. The van der Waals surface area contributed by atoms with Crippen LogP contribution in [0, 0.1) is 0 Å². The van der Waals surface area contributed by atoms with Gasteiger partial charge in [-0.1, -0.05) is 0 Å². The number of ether oxygens (including phenoxy) is 1. The van der Waals surface area contributed by atoms with Gasteiger partial charge in [0.15, 0.2) is 0 Å². The van der Waals surface area contributed by atoms with E-state index >= 15 is 0 Å². The van der Waals surface area contributed by atoms with Gasteiger partial charge in [-0.3, -0.25) is 4.68 Å². The van der Waals surface area contributed by atoms with Crippen LogP contribution in [-0.4, -0.2) is 30.0 Å². The molecule has 1 fully saturated rings. The van der Waals surface area contributed by atoms with Crippen LogP contribution in [0.2, 0.25) is 0 Å². The Morgan fingerprint density at radius 3 is 3.19 bits per heavy atom. The van der Waals surface area contributed by atoms with Crippen LogP contribution in [0.25, 0.3) is 10.9 Å². The third-order valence-electron chi connectivity index (χ3n) is 3.18. The molecule has 16 heavy (non-hydrogen) atoms. The van der Waals surface area contributed by atoms with E-state index < -0.39 is 0 Å². The lowest BCUT2D eigenvalue weighted by molar-refractivity contribution is 0.415. The van der Waals surface area contributed by atoms with Gasteiger partial charge in [-0.2, -0.15) is 5.10 Å². The molecule has 0 amide bonds. The quantitative estimate of drug-likeness (QED) is 0.830. The molecule has 1 aromatic heterocycles. The first-order valence-corrected chi connectivity index (χ1v) is 5.60. The van der Waals surface area contributed by atoms with E-state index in [-0.39, 0.29) is 0 Å². The van der Waals surface area contributed by atoms with Crippen molar-refractivity contribution in [2.75, 3.05) is 20.2 Å². The summed E-state index contributed by atoms with van der Waals surface area (Å²) in [6.07, 6.45) is 3.07. The van der Waals surface area contributed by atoms with Gasteiger partial charge >= 0.3 is 0 Å². The molecule has 0 saturated carbocycles. The average molecular weight is 217 g/mol. The van der Waals surface area contributed by atoms with Crippen molar-refractivity contribution >= 4 is 10.9 Å². The number of fused-ring (bicyclic) bond motifs is 1. The number of nitrogens with zero attached hydrogens (tertiary/aromatic N) is 2. The Morgan fingerprint density at radius 1 is 1.50 bits per heavy atom. The third-order valence-corrected chi connectivity index (χ3v) is 3.18. The molecule has 1 aliphatic heterocycles. The van der Waals surface area contributed by atoms with Crippen molar-refractivity contribution in [2.24, 2.45) is 0 Å². The number of benzene rings is 1. The van der Waals surface area contributed by atoms with E-state index in [2.05, 4.69) is 21.2 Å². The molecule has 0 spiro atoms. The van der Waals surface area contributed by atoms with Crippen LogP contribution in [-0.2, 0) is 0 Å². The maximum absolute atomic E-state index is 5.21. The van der Waals surface area contributed by atoms with E-state index in [1.54, 1.807) is 7.11 Å². The van der Waals surface area contributed by atoms with E-state index in [1.165, 1.54) is 5.52 Å². The lowest BCUT2D eigenvalue weighted by Gasteiger charge is -2.10. The zero-order valence-corrected chi connectivity index (χ0v) is 9.31. The van der Waals surface area contributed by atoms with Crippen LogP contribution in [0.4, 0.5) is 0 Å². The first-order valence-electron chi connectivity index (χ1n) is 5.60. The Labute approximate surface area is 94.2 Å². The Bertz CT molecular complexity index is 500. The summed E-state index contributed by atoms with van der Waals surface area (Å²) in [7, 11) is 1.69. The summed E-state index contributed by atoms with van der Waals surface area (Å²) >= 11 is 0. The second-order valence-corrected chi connectivity index (χ2v) is 4.16. The molecule has 0 bridgehead atoms. The van der Waals surface area contributed by atoms with Gasteiger partial charge in [-0.25, -0.2) is 0 Å². The van der Waals surface area contributed by atoms with Crippen molar-refractivity contribution in [3.63, 3.8) is 0 Å². The standard InChI is InChI=1S/C12H15N3O/c1-16-11-2-3-12-9(6-11)7-14-15(12)10-4-5-13-8-10/h2-3,6-7,10,13H,4-5,8H2,1H3. The van der Waals surface area contributed by atoms with Crippen molar-refractivity contribution in [1.82, 2.24) is 15.1 Å². The summed E-state index contributed by atoms with van der Waals surface area (Å²) in [5, 5.41) is 8.98. The van der Waals surface area contributed by atoms with Crippen LogP contribution in [0.1, 0.15) is 12.5 Å². The summed E-state index contributed by atoms with van der Waals surface area (Å²) in [5.74, 6) is 0.886. The Balaban J connectivity index is 2.06. The van der Waals surface area contributed by atoms with Crippen LogP contribution >= 0.6 is 0 Å². The van der Waals surface area contributed by atoms with Gasteiger partial charge in [0, 0.05) is 11.9 Å². The molecule has 0 radical (unpaired) electrons. The van der Waals surface area contributed by atoms with Crippen molar-refractivity contribution in [1.29, 1.82) is 0 Å². The van der Waals surface area contributed by atoms with E-state index in [0.717, 1.165) is 30.6 Å². The highest BCUT2D eigenvalue weighted by atomic mass is 16.5. The van der Waals surface area contributed by atoms with E-state index in [9.17, 15) is 0 Å². The van der Waals surface area contributed by atoms with Gasteiger partial charge in [0.25, 0.3) is 0 Å². The van der Waals surface area contributed by atoms with Crippen LogP contribution in [0.5, 0.6) is 5.75 Å². The predicted molar refractivity (Wildman–Crippen MR) is 62.8 cm³/mol. The molecule has 2 aromatic rings. The monoisotopic (exact) mass is 217 g/mol. The first kappa shape index (κ1) is 9.66. The highest BCUT2D eigenvalue weighted by molar-refractivity contribution is 5.80. The first-order chi connectivity index (χ1) is 7.88. The molecule has 2 heterocycles. The number of nitrogens with one attached hydrogen (secondary N) is 1. The Morgan fingerprint density at radius 2 is 2.44 bits per heavy atom. The summed E-state index contributed by atoms with van der Waals surface area (Å²) in [5.41, 5.74) is 1.19. The fraction of sp³-hybridized carbons (Fsp3) is 0.417. The number of rotatable bonds is 2. The van der Waals surface area contributed by atoms with Gasteiger partial charge in [-0.05, 0) is 31.2 Å². The number of hydrogen-bond acceptors (Lipinski definition) is 3. The second kappa shape index (κ2) is 3.79. The highest BCUT2D eigenvalue weighted by Gasteiger charge is 2.18. The van der Waals surface area contributed by atoms with Crippen LogP contribution in [0.3, 0.4) is 0 Å². The fourth-order valence-corrected chi connectivity index (χ4v) is 2.30. The Hall–Kier alpha value is -1.55. The summed E-state index contributed by atoms with van der Waals surface area (Å²) in [4.78, 5) is 0. The average Bonchev–Trinajstić information content (AvgIpc) is 2.96. The molecular formula is C12H15N3O. The van der Waals surface area contributed by atoms with Crippen LogP contribution < -0.4 is 10.1 Å². The molecule has 0 aliphatic carbocycles. The second-order valence-electron chi connectivity index (χ2n) is 4.16. The van der Waals surface area contributed by atoms with Crippen LogP contribution in [0.15, 0.2) is 24.4 Å². The van der Waals surface area contributed by atoms with E-state index in [4.69, 9.17) is 4.74 Å². The lowest BCUT2D eigenvalue weighted by Crippen LogP contribution is -2.14. The number of hydrogen-bond donors (Lipinski definition) is 1. The van der Waals surface area contributed by atoms with E-state index in [1.807, 2.05) is 18.3 Å². The highest BCUT2D eigenvalue weighted by Crippen LogP contribution is 2.24. The topological polar surface area (TPSA) is 39.1 Å². The lowest BCUT2D eigenvalue weighted by atomic mass is 10.2. The molecule has 1 aliphatic rings. The zero-order valence-electron chi connectivity index (χ0n) is 9.31. The molecular weight excluding hydrogens is 202 g/mol. The van der Waals surface area contributed by atoms with Crippen molar-refractivity contribution in [3.05, 3.63) is 24.4 Å². The van der Waals surface area contributed by atoms with Crippen molar-refractivity contribution in [2.45, 2.75) is 12.5 Å². The molecule has 1 aromatic carbocycles. The largest absolute Gasteiger partial charge is 0.497 e.